The van der Waals surface area contributed by atoms with Gasteiger partial charge in [-0.3, -0.25) is 4.40 Å². The summed E-state index contributed by atoms with van der Waals surface area (Å²) in [5.74, 6) is -1.25. The lowest BCUT2D eigenvalue weighted by Crippen LogP contribution is -2.26. The summed E-state index contributed by atoms with van der Waals surface area (Å²) in [7, 11) is 0. The maximum absolute atomic E-state index is 13.6. The molecular weight excluding hydrogens is 304 g/mol. The minimum absolute atomic E-state index is 0.310. The molecule has 0 radical (unpaired) electrons. The second-order valence-corrected chi connectivity index (χ2v) is 5.54. The van der Waals surface area contributed by atoms with E-state index in [2.05, 4.69) is 15.2 Å². The highest BCUT2D eigenvalue weighted by Crippen LogP contribution is 2.36. The molecule has 0 bridgehead atoms. The minimum atomic E-state index is -0.905. The van der Waals surface area contributed by atoms with Gasteiger partial charge in [0, 0.05) is 18.9 Å². The predicted molar refractivity (Wildman–Crippen MR) is 77.9 cm³/mol. The van der Waals surface area contributed by atoms with Gasteiger partial charge in [0.05, 0.1) is 12.1 Å². The van der Waals surface area contributed by atoms with Gasteiger partial charge in [-0.25, -0.2) is 13.8 Å². The van der Waals surface area contributed by atoms with Gasteiger partial charge in [0.15, 0.2) is 17.5 Å². The van der Waals surface area contributed by atoms with Crippen molar-refractivity contribution < 1.29 is 13.9 Å². The number of aromatic nitrogens is 4. The number of anilines is 1. The zero-order valence-electron chi connectivity index (χ0n) is 12.0. The lowest BCUT2D eigenvalue weighted by molar-refractivity contribution is 0.194. The van der Waals surface area contributed by atoms with Crippen LogP contribution >= 0.6 is 0 Å². The Balaban J connectivity index is 1.79. The van der Waals surface area contributed by atoms with E-state index in [0.717, 1.165) is 12.1 Å². The Morgan fingerprint density at radius 1 is 1.22 bits per heavy atom. The molecule has 3 aromatic rings. The number of hydrogen-bond donors (Lipinski definition) is 1. The van der Waals surface area contributed by atoms with Crippen LogP contribution in [0.3, 0.4) is 0 Å². The van der Waals surface area contributed by atoms with Crippen LogP contribution in [-0.4, -0.2) is 37.3 Å². The number of benzene rings is 1. The third-order valence-electron chi connectivity index (χ3n) is 4.08. The molecule has 1 N–H and O–H groups in total. The van der Waals surface area contributed by atoms with E-state index in [-0.39, 0.29) is 6.04 Å². The molecule has 0 saturated carbocycles. The van der Waals surface area contributed by atoms with Crippen LogP contribution in [0.5, 0.6) is 0 Å². The Bertz CT molecular complexity index is 868. The Labute approximate surface area is 130 Å². The smallest absolute Gasteiger partial charge is 0.203 e. The summed E-state index contributed by atoms with van der Waals surface area (Å²) in [6.45, 7) is 0.337. The van der Waals surface area contributed by atoms with Crippen molar-refractivity contribution in [3.63, 3.8) is 0 Å². The van der Waals surface area contributed by atoms with Gasteiger partial charge in [0.1, 0.15) is 6.33 Å². The molecule has 6 nitrogen and oxygen atoms in total. The molecule has 1 aliphatic heterocycles. The molecule has 23 heavy (non-hydrogen) atoms. The minimum Gasteiger partial charge on any atom is -0.391 e. The van der Waals surface area contributed by atoms with E-state index in [1.54, 1.807) is 23.1 Å². The Morgan fingerprint density at radius 2 is 2.09 bits per heavy atom. The van der Waals surface area contributed by atoms with E-state index in [1.807, 2.05) is 4.90 Å². The molecule has 4 rings (SSSR count). The molecule has 0 aliphatic carbocycles. The monoisotopic (exact) mass is 317 g/mol. The molecule has 1 aliphatic rings. The molecule has 8 heteroatoms. The largest absolute Gasteiger partial charge is 0.391 e. The second-order valence-electron chi connectivity index (χ2n) is 5.54. The summed E-state index contributed by atoms with van der Waals surface area (Å²) in [6, 6.07) is 3.47. The number of halogens is 2. The quantitative estimate of drug-likeness (QED) is 0.779. The Kier molecular flexibility index (Phi) is 3.19. The summed E-state index contributed by atoms with van der Waals surface area (Å²) in [5.41, 5.74) is 1.14. The van der Waals surface area contributed by atoms with Crippen molar-refractivity contribution in [3.8, 4) is 0 Å². The third-order valence-corrected chi connectivity index (χ3v) is 4.08. The fourth-order valence-corrected chi connectivity index (χ4v) is 3.03. The van der Waals surface area contributed by atoms with Crippen molar-refractivity contribution >= 4 is 11.5 Å². The number of β-amino-alcohol motifs (C(OH)–C–C–N with tert-alkyl or cyclic N) is 1. The standard InChI is InChI=1S/C15H13F2N5O/c16-11-2-1-9(5-12(11)17)13-6-10(23)7-22(13)14-15-20-19-8-21(15)4-3-18-14/h1-5,8,10,13,23H,6-7H2/t10-,13+/m0/s1. The van der Waals surface area contributed by atoms with E-state index >= 15 is 0 Å². The van der Waals surface area contributed by atoms with Gasteiger partial charge in [0.2, 0.25) is 5.65 Å². The van der Waals surface area contributed by atoms with Crippen LogP contribution in [0.15, 0.2) is 36.9 Å². The summed E-state index contributed by atoms with van der Waals surface area (Å²) >= 11 is 0. The SMILES string of the molecule is O[C@H]1C[C@H](c2ccc(F)c(F)c2)N(c2nccn3cnnc23)C1. The van der Waals surface area contributed by atoms with Crippen LogP contribution in [0.4, 0.5) is 14.6 Å². The summed E-state index contributed by atoms with van der Waals surface area (Å²) in [6.07, 6.45) is 4.70. The first-order valence-electron chi connectivity index (χ1n) is 7.17. The number of rotatable bonds is 2. The first-order chi connectivity index (χ1) is 11.1. The van der Waals surface area contributed by atoms with Crippen LogP contribution in [-0.2, 0) is 0 Å². The van der Waals surface area contributed by atoms with Crippen molar-refractivity contribution in [2.75, 3.05) is 11.4 Å². The average molecular weight is 317 g/mol. The third kappa shape index (κ3) is 2.31. The summed E-state index contributed by atoms with van der Waals surface area (Å²) < 4.78 is 28.5. The van der Waals surface area contributed by atoms with Gasteiger partial charge in [-0.05, 0) is 24.1 Å². The van der Waals surface area contributed by atoms with Crippen molar-refractivity contribution in [2.24, 2.45) is 0 Å². The maximum Gasteiger partial charge on any atom is 0.203 e. The summed E-state index contributed by atoms with van der Waals surface area (Å²) in [4.78, 5) is 6.18. The molecule has 2 atom stereocenters. The van der Waals surface area contributed by atoms with Crippen LogP contribution in [0.2, 0.25) is 0 Å². The van der Waals surface area contributed by atoms with E-state index in [1.165, 1.54) is 6.07 Å². The van der Waals surface area contributed by atoms with Crippen molar-refractivity contribution in [3.05, 3.63) is 54.1 Å². The van der Waals surface area contributed by atoms with Gasteiger partial charge >= 0.3 is 0 Å². The molecule has 1 saturated heterocycles. The molecule has 1 aromatic carbocycles. The van der Waals surface area contributed by atoms with Crippen molar-refractivity contribution in [2.45, 2.75) is 18.6 Å². The lowest BCUT2D eigenvalue weighted by atomic mass is 10.0. The van der Waals surface area contributed by atoms with Crippen molar-refractivity contribution in [1.82, 2.24) is 19.6 Å². The highest BCUT2D eigenvalue weighted by molar-refractivity contribution is 5.65. The van der Waals surface area contributed by atoms with E-state index < -0.39 is 17.7 Å². The van der Waals surface area contributed by atoms with Crippen LogP contribution < -0.4 is 4.90 Å². The average Bonchev–Trinajstić information content (AvgIpc) is 3.16. The zero-order valence-corrected chi connectivity index (χ0v) is 12.0. The molecule has 118 valence electrons. The molecule has 0 amide bonds. The molecule has 2 aromatic heterocycles. The fourth-order valence-electron chi connectivity index (χ4n) is 3.03. The van der Waals surface area contributed by atoms with E-state index in [0.29, 0.717) is 30.0 Å². The summed E-state index contributed by atoms with van der Waals surface area (Å²) in [5, 5.41) is 18.0. The molecule has 3 heterocycles. The van der Waals surface area contributed by atoms with Gasteiger partial charge in [0.25, 0.3) is 0 Å². The number of aliphatic hydroxyl groups is 1. The number of aliphatic hydroxyl groups excluding tert-OH is 1. The molecule has 0 spiro atoms. The second kappa shape index (κ2) is 5.24. The lowest BCUT2D eigenvalue weighted by Gasteiger charge is -2.25. The molecular formula is C15H13F2N5O. The first-order valence-corrected chi connectivity index (χ1v) is 7.17. The van der Waals surface area contributed by atoms with Crippen LogP contribution in [0.25, 0.3) is 5.65 Å². The van der Waals surface area contributed by atoms with E-state index in [9.17, 15) is 13.9 Å². The van der Waals surface area contributed by atoms with Crippen LogP contribution in [0.1, 0.15) is 18.0 Å². The normalized spacial score (nSPS) is 21.3. The number of fused-ring (bicyclic) bond motifs is 1. The topological polar surface area (TPSA) is 66.5 Å². The Hall–Kier alpha value is -2.61. The van der Waals surface area contributed by atoms with Gasteiger partial charge in [-0.15, -0.1) is 10.2 Å². The van der Waals surface area contributed by atoms with Gasteiger partial charge in [-0.1, -0.05) is 6.07 Å². The number of hydrogen-bond acceptors (Lipinski definition) is 5. The highest BCUT2D eigenvalue weighted by atomic mass is 19.2. The van der Waals surface area contributed by atoms with Gasteiger partial charge < -0.3 is 10.0 Å². The molecule has 0 unspecified atom stereocenters. The van der Waals surface area contributed by atoms with Gasteiger partial charge in [-0.2, -0.15) is 0 Å². The predicted octanol–water partition coefficient (Wildman–Crippen LogP) is 1.71. The zero-order chi connectivity index (χ0) is 16.0. The maximum atomic E-state index is 13.6. The van der Waals surface area contributed by atoms with Crippen LogP contribution in [0, 0.1) is 11.6 Å². The Morgan fingerprint density at radius 3 is 2.91 bits per heavy atom. The number of nitrogens with zero attached hydrogens (tertiary/aromatic N) is 5. The molecule has 1 fully saturated rings. The first kappa shape index (κ1) is 14.0. The van der Waals surface area contributed by atoms with E-state index in [4.69, 9.17) is 0 Å². The highest BCUT2D eigenvalue weighted by Gasteiger charge is 2.34. The van der Waals surface area contributed by atoms with Crippen molar-refractivity contribution in [1.29, 1.82) is 0 Å². The fraction of sp³-hybridized carbons (Fsp3) is 0.267.